The van der Waals surface area contributed by atoms with E-state index in [1.54, 1.807) is 0 Å². The quantitative estimate of drug-likeness (QED) is 0.632. The lowest BCUT2D eigenvalue weighted by atomic mass is 9.82. The molecule has 0 aromatic heterocycles. The molecule has 2 aromatic rings. The summed E-state index contributed by atoms with van der Waals surface area (Å²) >= 11 is 0. The standard InChI is InChI=1S/C19H21N3O2/c1-2-20-13-14-22-17(23)19(21-18(22)24,15-9-5-3-6-10-15)16-11-7-4-8-12-16/h3-12,20H,2,13-14H2,1H3,(H,21,24). The van der Waals surface area contributed by atoms with Crippen LogP contribution in [0.5, 0.6) is 0 Å². The van der Waals surface area contributed by atoms with Crippen molar-refractivity contribution in [3.63, 3.8) is 0 Å². The highest BCUT2D eigenvalue weighted by Crippen LogP contribution is 2.35. The first-order valence-corrected chi connectivity index (χ1v) is 8.16. The molecule has 1 fully saturated rings. The van der Waals surface area contributed by atoms with E-state index in [0.29, 0.717) is 13.1 Å². The molecule has 0 radical (unpaired) electrons. The number of imide groups is 1. The molecule has 0 spiro atoms. The lowest BCUT2D eigenvalue weighted by Gasteiger charge is -2.28. The number of hydrogen-bond donors (Lipinski definition) is 2. The molecular weight excluding hydrogens is 302 g/mol. The van der Waals surface area contributed by atoms with Crippen LogP contribution in [-0.2, 0) is 10.3 Å². The van der Waals surface area contributed by atoms with E-state index in [1.165, 1.54) is 4.90 Å². The second kappa shape index (κ2) is 6.84. The number of carbonyl (C=O) groups is 2. The molecule has 0 bridgehead atoms. The third-order valence-electron chi connectivity index (χ3n) is 4.28. The van der Waals surface area contributed by atoms with Crippen LogP contribution in [0.15, 0.2) is 60.7 Å². The van der Waals surface area contributed by atoms with Gasteiger partial charge in [-0.1, -0.05) is 67.6 Å². The fourth-order valence-electron chi connectivity index (χ4n) is 3.08. The molecule has 5 nitrogen and oxygen atoms in total. The zero-order valence-electron chi connectivity index (χ0n) is 13.7. The van der Waals surface area contributed by atoms with Crippen LogP contribution in [0.1, 0.15) is 18.1 Å². The van der Waals surface area contributed by atoms with Crippen molar-refractivity contribution in [2.75, 3.05) is 19.6 Å². The van der Waals surface area contributed by atoms with Crippen molar-refractivity contribution in [1.82, 2.24) is 15.5 Å². The average molecular weight is 323 g/mol. The SMILES string of the molecule is CCNCCN1C(=O)NC(c2ccccc2)(c2ccccc2)C1=O. The number of nitrogens with zero attached hydrogens (tertiary/aromatic N) is 1. The molecule has 1 aliphatic heterocycles. The highest BCUT2D eigenvalue weighted by Gasteiger charge is 2.53. The van der Waals surface area contributed by atoms with Crippen molar-refractivity contribution in [1.29, 1.82) is 0 Å². The highest BCUT2D eigenvalue weighted by molar-refractivity contribution is 6.09. The maximum Gasteiger partial charge on any atom is 0.325 e. The Morgan fingerprint density at radius 2 is 1.50 bits per heavy atom. The largest absolute Gasteiger partial charge is 0.325 e. The first-order valence-electron chi connectivity index (χ1n) is 8.16. The molecule has 3 rings (SSSR count). The van der Waals surface area contributed by atoms with E-state index in [1.807, 2.05) is 67.6 Å². The molecule has 0 saturated carbocycles. The highest BCUT2D eigenvalue weighted by atomic mass is 16.2. The van der Waals surface area contributed by atoms with Crippen LogP contribution in [0.2, 0.25) is 0 Å². The van der Waals surface area contributed by atoms with Crippen molar-refractivity contribution in [3.05, 3.63) is 71.8 Å². The lowest BCUT2D eigenvalue weighted by Crippen LogP contribution is -2.45. The van der Waals surface area contributed by atoms with Crippen molar-refractivity contribution < 1.29 is 9.59 Å². The van der Waals surface area contributed by atoms with Crippen LogP contribution in [0.4, 0.5) is 4.79 Å². The minimum absolute atomic E-state index is 0.234. The van der Waals surface area contributed by atoms with Gasteiger partial charge in [0.1, 0.15) is 0 Å². The van der Waals surface area contributed by atoms with Crippen LogP contribution in [-0.4, -0.2) is 36.5 Å². The molecule has 24 heavy (non-hydrogen) atoms. The average Bonchev–Trinajstić information content (AvgIpc) is 2.89. The van der Waals surface area contributed by atoms with E-state index >= 15 is 0 Å². The Bertz CT molecular complexity index is 676. The number of urea groups is 1. The van der Waals surface area contributed by atoms with Gasteiger partial charge >= 0.3 is 6.03 Å². The molecule has 5 heteroatoms. The molecule has 0 atom stereocenters. The van der Waals surface area contributed by atoms with Gasteiger partial charge in [0.2, 0.25) is 0 Å². The topological polar surface area (TPSA) is 61.4 Å². The van der Waals surface area contributed by atoms with Crippen molar-refractivity contribution in [2.45, 2.75) is 12.5 Å². The summed E-state index contributed by atoms with van der Waals surface area (Å²) in [4.78, 5) is 27.0. The summed E-state index contributed by atoms with van der Waals surface area (Å²) in [5.41, 5.74) is 0.368. The number of nitrogens with one attached hydrogen (secondary N) is 2. The first kappa shape index (κ1) is 16.2. The molecule has 124 valence electrons. The van der Waals surface area contributed by atoms with Gasteiger partial charge in [-0.25, -0.2) is 4.79 Å². The van der Waals surface area contributed by atoms with E-state index < -0.39 is 5.54 Å². The fourth-order valence-corrected chi connectivity index (χ4v) is 3.08. The summed E-state index contributed by atoms with van der Waals surface area (Å²) in [5, 5.41) is 6.09. The summed E-state index contributed by atoms with van der Waals surface area (Å²) in [6, 6.07) is 18.4. The third-order valence-corrected chi connectivity index (χ3v) is 4.28. The summed E-state index contributed by atoms with van der Waals surface area (Å²) < 4.78 is 0. The molecule has 1 saturated heterocycles. The molecular formula is C19H21N3O2. The smallest absolute Gasteiger partial charge is 0.315 e. The van der Waals surface area contributed by atoms with Gasteiger partial charge < -0.3 is 10.6 Å². The van der Waals surface area contributed by atoms with Crippen molar-refractivity contribution in [3.8, 4) is 0 Å². The molecule has 3 amide bonds. The van der Waals surface area contributed by atoms with Gasteiger partial charge in [0.15, 0.2) is 5.54 Å². The van der Waals surface area contributed by atoms with Gasteiger partial charge in [0, 0.05) is 13.1 Å². The summed E-state index contributed by atoms with van der Waals surface area (Å²) in [5.74, 6) is -0.234. The van der Waals surface area contributed by atoms with E-state index in [-0.39, 0.29) is 11.9 Å². The Kier molecular flexibility index (Phi) is 4.62. The maximum atomic E-state index is 13.2. The normalized spacial score (nSPS) is 16.3. The maximum absolute atomic E-state index is 13.2. The minimum atomic E-state index is -1.16. The first-order chi connectivity index (χ1) is 11.7. The van der Waals surface area contributed by atoms with Gasteiger partial charge in [-0.2, -0.15) is 0 Å². The molecule has 2 aromatic carbocycles. The summed E-state index contributed by atoms with van der Waals surface area (Å²) in [6.07, 6.45) is 0. The molecule has 0 unspecified atom stereocenters. The molecule has 1 heterocycles. The number of carbonyl (C=O) groups excluding carboxylic acids is 2. The van der Waals surface area contributed by atoms with Crippen LogP contribution >= 0.6 is 0 Å². The van der Waals surface area contributed by atoms with E-state index in [9.17, 15) is 9.59 Å². The van der Waals surface area contributed by atoms with E-state index in [0.717, 1.165) is 17.7 Å². The lowest BCUT2D eigenvalue weighted by molar-refractivity contribution is -0.130. The van der Waals surface area contributed by atoms with Crippen LogP contribution in [0.25, 0.3) is 0 Å². The molecule has 1 aliphatic rings. The third kappa shape index (κ3) is 2.67. The van der Waals surface area contributed by atoms with Gasteiger partial charge in [-0.3, -0.25) is 9.69 Å². The van der Waals surface area contributed by atoms with Gasteiger partial charge in [0.05, 0.1) is 0 Å². The Morgan fingerprint density at radius 1 is 0.958 bits per heavy atom. The Hall–Kier alpha value is -2.66. The van der Waals surface area contributed by atoms with Gasteiger partial charge in [0.25, 0.3) is 5.91 Å². The Labute approximate surface area is 141 Å². The second-order valence-electron chi connectivity index (χ2n) is 5.72. The van der Waals surface area contributed by atoms with Crippen LogP contribution in [0.3, 0.4) is 0 Å². The monoisotopic (exact) mass is 323 g/mol. The van der Waals surface area contributed by atoms with Crippen LogP contribution in [0, 0.1) is 0 Å². The number of likely N-dealkylation sites (N-methyl/N-ethyl adjacent to an activating group) is 1. The van der Waals surface area contributed by atoms with E-state index in [4.69, 9.17) is 0 Å². The number of rotatable bonds is 6. The molecule has 2 N–H and O–H groups in total. The van der Waals surface area contributed by atoms with Crippen molar-refractivity contribution in [2.24, 2.45) is 0 Å². The summed E-state index contributed by atoms with van der Waals surface area (Å²) in [6.45, 7) is 3.71. The van der Waals surface area contributed by atoms with Crippen LogP contribution < -0.4 is 10.6 Å². The molecule has 0 aliphatic carbocycles. The predicted octanol–water partition coefficient (Wildman–Crippen LogP) is 2.09. The second-order valence-corrected chi connectivity index (χ2v) is 5.72. The van der Waals surface area contributed by atoms with Gasteiger partial charge in [-0.05, 0) is 17.7 Å². The predicted molar refractivity (Wildman–Crippen MR) is 92.5 cm³/mol. The van der Waals surface area contributed by atoms with Crippen molar-refractivity contribution >= 4 is 11.9 Å². The number of hydrogen-bond acceptors (Lipinski definition) is 3. The van der Waals surface area contributed by atoms with Gasteiger partial charge in [-0.15, -0.1) is 0 Å². The zero-order chi connectivity index (χ0) is 17.0. The number of benzene rings is 2. The Balaban J connectivity index is 2.04. The summed E-state index contributed by atoms with van der Waals surface area (Å²) in [7, 11) is 0. The Morgan fingerprint density at radius 3 is 2.00 bits per heavy atom. The zero-order valence-corrected chi connectivity index (χ0v) is 13.7. The minimum Gasteiger partial charge on any atom is -0.315 e. The fraction of sp³-hybridized carbons (Fsp3) is 0.263. The van der Waals surface area contributed by atoms with E-state index in [2.05, 4.69) is 10.6 Å². The number of amides is 3.